The summed E-state index contributed by atoms with van der Waals surface area (Å²) in [5, 5.41) is 0. The summed E-state index contributed by atoms with van der Waals surface area (Å²) in [5.41, 5.74) is 4.25. The monoisotopic (exact) mass is 284 g/mol. The molecule has 0 unspecified atom stereocenters. The standard InChI is InChI=1S/C18H24N2O/c1-3-18(21)19(2)16-8-10-20(11-9-16)13-15-12-14-6-4-5-7-17(14)15/h4-7,12,16H,3,8-11,13H2,1-2H3. The zero-order chi connectivity index (χ0) is 14.8. The Kier molecular flexibility index (Phi) is 4.11. The molecule has 1 heterocycles. The second kappa shape index (κ2) is 6.02. The first kappa shape index (κ1) is 14.3. The molecular formula is C18H24N2O. The topological polar surface area (TPSA) is 23.6 Å². The molecule has 1 aliphatic carbocycles. The summed E-state index contributed by atoms with van der Waals surface area (Å²) in [6.07, 6.45) is 5.10. The Morgan fingerprint density at radius 2 is 2.00 bits per heavy atom. The molecule has 1 saturated heterocycles. The maximum Gasteiger partial charge on any atom is 0.222 e. The van der Waals surface area contributed by atoms with Gasteiger partial charge in [0.25, 0.3) is 0 Å². The lowest BCUT2D eigenvalue weighted by Gasteiger charge is -2.37. The maximum absolute atomic E-state index is 11.8. The highest BCUT2D eigenvalue weighted by Crippen LogP contribution is 2.33. The van der Waals surface area contributed by atoms with Crippen LogP contribution in [0.5, 0.6) is 0 Å². The molecule has 0 atom stereocenters. The van der Waals surface area contributed by atoms with E-state index in [1.54, 1.807) is 0 Å². The van der Waals surface area contributed by atoms with Gasteiger partial charge in [0.15, 0.2) is 0 Å². The second-order valence-electron chi connectivity index (χ2n) is 6.12. The average molecular weight is 284 g/mol. The van der Waals surface area contributed by atoms with Crippen molar-refractivity contribution in [1.82, 2.24) is 9.80 Å². The van der Waals surface area contributed by atoms with E-state index in [2.05, 4.69) is 35.2 Å². The van der Waals surface area contributed by atoms with E-state index in [4.69, 9.17) is 0 Å². The molecule has 0 spiro atoms. The molecule has 1 fully saturated rings. The van der Waals surface area contributed by atoms with Crippen molar-refractivity contribution in [3.8, 4) is 0 Å². The minimum Gasteiger partial charge on any atom is -0.343 e. The normalized spacial score (nSPS) is 18.7. The predicted molar refractivity (Wildman–Crippen MR) is 86.8 cm³/mol. The van der Waals surface area contributed by atoms with Crippen LogP contribution in [0.15, 0.2) is 24.3 Å². The van der Waals surface area contributed by atoms with Crippen LogP contribution in [0.4, 0.5) is 0 Å². The lowest BCUT2D eigenvalue weighted by Crippen LogP contribution is -2.45. The predicted octanol–water partition coefficient (Wildman–Crippen LogP) is 2.87. The fraction of sp³-hybridized carbons (Fsp3) is 0.500. The summed E-state index contributed by atoms with van der Waals surface area (Å²) in [7, 11) is 1.96. The van der Waals surface area contributed by atoms with Crippen molar-refractivity contribution in [1.29, 1.82) is 0 Å². The highest BCUT2D eigenvalue weighted by atomic mass is 16.2. The number of likely N-dealkylation sites (tertiary alicyclic amines) is 1. The molecule has 0 N–H and O–H groups in total. The van der Waals surface area contributed by atoms with Gasteiger partial charge >= 0.3 is 0 Å². The van der Waals surface area contributed by atoms with Gasteiger partial charge in [0.2, 0.25) is 5.91 Å². The molecule has 1 aromatic rings. The van der Waals surface area contributed by atoms with Gasteiger partial charge in [0.1, 0.15) is 0 Å². The van der Waals surface area contributed by atoms with E-state index in [0.717, 1.165) is 32.5 Å². The van der Waals surface area contributed by atoms with Crippen LogP contribution in [0.25, 0.3) is 11.6 Å². The van der Waals surface area contributed by atoms with Crippen LogP contribution in [0.1, 0.15) is 37.3 Å². The van der Waals surface area contributed by atoms with Gasteiger partial charge in [0, 0.05) is 39.1 Å². The number of nitrogens with zero attached hydrogens (tertiary/aromatic N) is 2. The highest BCUT2D eigenvalue weighted by Gasteiger charge is 2.26. The zero-order valence-corrected chi connectivity index (χ0v) is 13.0. The van der Waals surface area contributed by atoms with Gasteiger partial charge < -0.3 is 4.90 Å². The molecule has 0 saturated carbocycles. The number of amides is 1. The molecule has 3 nitrogen and oxygen atoms in total. The Morgan fingerprint density at radius 1 is 1.29 bits per heavy atom. The number of piperidine rings is 1. The van der Waals surface area contributed by atoms with Gasteiger partial charge in [-0.1, -0.05) is 31.2 Å². The SMILES string of the molecule is CCC(=O)N(C)C1CCN(CC2=Cc3ccccc32)CC1. The third kappa shape index (κ3) is 2.88. The van der Waals surface area contributed by atoms with Crippen LogP contribution >= 0.6 is 0 Å². The van der Waals surface area contributed by atoms with Crippen molar-refractivity contribution in [2.45, 2.75) is 32.2 Å². The smallest absolute Gasteiger partial charge is 0.222 e. The zero-order valence-electron chi connectivity index (χ0n) is 13.0. The van der Waals surface area contributed by atoms with Crippen molar-refractivity contribution in [2.75, 3.05) is 26.7 Å². The van der Waals surface area contributed by atoms with Crippen molar-refractivity contribution < 1.29 is 4.79 Å². The van der Waals surface area contributed by atoms with Gasteiger partial charge in [-0.25, -0.2) is 0 Å². The number of hydrogen-bond acceptors (Lipinski definition) is 2. The second-order valence-corrected chi connectivity index (χ2v) is 6.12. The molecular weight excluding hydrogens is 260 g/mol. The Balaban J connectivity index is 1.50. The third-order valence-corrected chi connectivity index (χ3v) is 4.83. The summed E-state index contributed by atoms with van der Waals surface area (Å²) in [5.74, 6) is 0.268. The number of benzene rings is 1. The van der Waals surface area contributed by atoms with Crippen LogP contribution in [-0.2, 0) is 4.79 Å². The van der Waals surface area contributed by atoms with E-state index < -0.39 is 0 Å². The fourth-order valence-electron chi connectivity index (χ4n) is 3.39. The summed E-state index contributed by atoms with van der Waals surface area (Å²) >= 11 is 0. The lowest BCUT2D eigenvalue weighted by molar-refractivity contribution is -0.132. The first-order valence-electron chi connectivity index (χ1n) is 7.97. The van der Waals surface area contributed by atoms with Gasteiger partial charge in [-0.05, 0) is 35.6 Å². The molecule has 1 aromatic carbocycles. The van der Waals surface area contributed by atoms with Gasteiger partial charge in [-0.2, -0.15) is 0 Å². The van der Waals surface area contributed by atoms with Gasteiger partial charge in [-0.3, -0.25) is 9.69 Å². The van der Waals surface area contributed by atoms with Crippen LogP contribution in [0.3, 0.4) is 0 Å². The molecule has 112 valence electrons. The third-order valence-electron chi connectivity index (χ3n) is 4.83. The first-order chi connectivity index (χ1) is 10.2. The summed E-state index contributed by atoms with van der Waals surface area (Å²) in [6, 6.07) is 9.03. The van der Waals surface area contributed by atoms with Crippen LogP contribution in [0.2, 0.25) is 0 Å². The molecule has 3 heteroatoms. The van der Waals surface area contributed by atoms with Gasteiger partial charge in [0.05, 0.1) is 0 Å². The van der Waals surface area contributed by atoms with Crippen LogP contribution < -0.4 is 0 Å². The largest absolute Gasteiger partial charge is 0.343 e. The Labute approximate surface area is 127 Å². The molecule has 1 amide bonds. The number of carbonyl (C=O) groups is 1. The maximum atomic E-state index is 11.8. The first-order valence-corrected chi connectivity index (χ1v) is 7.97. The summed E-state index contributed by atoms with van der Waals surface area (Å²) < 4.78 is 0. The quantitative estimate of drug-likeness (QED) is 0.849. The average Bonchev–Trinajstić information content (AvgIpc) is 2.52. The van der Waals surface area contributed by atoms with E-state index in [0.29, 0.717) is 12.5 Å². The van der Waals surface area contributed by atoms with E-state index in [-0.39, 0.29) is 5.91 Å². The summed E-state index contributed by atoms with van der Waals surface area (Å²) in [6.45, 7) is 5.17. The number of rotatable bonds is 4. The Bertz CT molecular complexity index is 556. The van der Waals surface area contributed by atoms with E-state index in [9.17, 15) is 4.79 Å². The fourth-order valence-corrected chi connectivity index (χ4v) is 3.39. The minimum atomic E-state index is 0.268. The molecule has 21 heavy (non-hydrogen) atoms. The molecule has 2 aliphatic rings. The molecule has 3 rings (SSSR count). The minimum absolute atomic E-state index is 0.268. The van der Waals surface area contributed by atoms with Gasteiger partial charge in [-0.15, -0.1) is 0 Å². The highest BCUT2D eigenvalue weighted by molar-refractivity contribution is 5.96. The van der Waals surface area contributed by atoms with E-state index in [1.807, 2.05) is 18.9 Å². The Morgan fingerprint density at radius 3 is 2.67 bits per heavy atom. The molecule has 0 aromatic heterocycles. The lowest BCUT2D eigenvalue weighted by atomic mass is 9.88. The van der Waals surface area contributed by atoms with Crippen LogP contribution in [-0.4, -0.2) is 48.4 Å². The Hall–Kier alpha value is -1.61. The van der Waals surface area contributed by atoms with Crippen LogP contribution in [0, 0.1) is 0 Å². The molecule has 1 aliphatic heterocycles. The van der Waals surface area contributed by atoms with E-state index in [1.165, 1.54) is 16.7 Å². The summed E-state index contributed by atoms with van der Waals surface area (Å²) in [4.78, 5) is 16.2. The number of fused-ring (bicyclic) bond motifs is 1. The van der Waals surface area contributed by atoms with Crippen molar-refractivity contribution in [2.24, 2.45) is 0 Å². The van der Waals surface area contributed by atoms with Crippen molar-refractivity contribution >= 4 is 17.6 Å². The molecule has 0 radical (unpaired) electrons. The van der Waals surface area contributed by atoms with Crippen molar-refractivity contribution in [3.05, 3.63) is 35.4 Å². The number of carbonyl (C=O) groups excluding carboxylic acids is 1. The number of hydrogen-bond donors (Lipinski definition) is 0. The van der Waals surface area contributed by atoms with E-state index >= 15 is 0 Å². The molecule has 0 bridgehead atoms. The van der Waals surface area contributed by atoms with Crippen molar-refractivity contribution in [3.63, 3.8) is 0 Å².